The number of hydrogen-bond acceptors (Lipinski definition) is 7. The van der Waals surface area contributed by atoms with Crippen molar-refractivity contribution in [2.45, 2.75) is 32.8 Å². The fourth-order valence-corrected chi connectivity index (χ4v) is 5.09. The maximum absolute atomic E-state index is 14.5. The molecule has 9 heteroatoms. The van der Waals surface area contributed by atoms with Gasteiger partial charge in [-0.3, -0.25) is 4.79 Å². The number of para-hydroxylation sites is 3. The van der Waals surface area contributed by atoms with Crippen LogP contribution in [0.5, 0.6) is 0 Å². The maximum atomic E-state index is 14.5. The molecule has 0 aliphatic carbocycles. The standard InChI is InChI=1S/C36H33N5O4/c1-36(2,3)45-35(43)38-23-20-25-16-18-26(19-17-25)34(42)40(27-10-5-4-6-11-27)41(32-21-22-37-24-39-32)30-14-9-13-29-28-12-7-8-15-31(28)44-33(29)30/h4-19,21-22,24H,20,23H2,1-3H3,(H,38,43). The van der Waals surface area contributed by atoms with Crippen molar-refractivity contribution in [2.24, 2.45) is 0 Å². The lowest BCUT2D eigenvalue weighted by Gasteiger charge is -2.35. The Morgan fingerprint density at radius 2 is 1.58 bits per heavy atom. The van der Waals surface area contributed by atoms with E-state index in [0.29, 0.717) is 41.3 Å². The number of rotatable bonds is 8. The highest BCUT2D eigenvalue weighted by Gasteiger charge is 2.30. The van der Waals surface area contributed by atoms with Gasteiger partial charge in [0.1, 0.15) is 23.2 Å². The van der Waals surface area contributed by atoms with Gasteiger partial charge in [0, 0.05) is 35.1 Å². The molecule has 0 spiro atoms. The summed E-state index contributed by atoms with van der Waals surface area (Å²) in [5.41, 5.74) is 3.53. The molecule has 0 saturated heterocycles. The van der Waals surface area contributed by atoms with Crippen molar-refractivity contribution in [1.29, 1.82) is 0 Å². The van der Waals surface area contributed by atoms with Crippen LogP contribution in [-0.4, -0.2) is 34.1 Å². The Kier molecular flexibility index (Phi) is 8.16. The number of alkyl carbamates (subject to hydrolysis) is 1. The van der Waals surface area contributed by atoms with Crippen LogP contribution < -0.4 is 15.3 Å². The average Bonchev–Trinajstić information content (AvgIpc) is 3.43. The van der Waals surface area contributed by atoms with Gasteiger partial charge in [-0.15, -0.1) is 0 Å². The first-order chi connectivity index (χ1) is 21.8. The Bertz CT molecular complexity index is 1930. The van der Waals surface area contributed by atoms with E-state index in [-0.39, 0.29) is 5.91 Å². The van der Waals surface area contributed by atoms with Crippen LogP contribution in [0, 0.1) is 0 Å². The van der Waals surface area contributed by atoms with E-state index in [1.807, 2.05) is 106 Å². The number of ether oxygens (including phenoxy) is 1. The monoisotopic (exact) mass is 599 g/mol. The van der Waals surface area contributed by atoms with Gasteiger partial charge >= 0.3 is 6.09 Å². The largest absolute Gasteiger partial charge is 0.454 e. The Morgan fingerprint density at radius 3 is 2.31 bits per heavy atom. The number of hydrazine groups is 1. The SMILES string of the molecule is CC(C)(C)OC(=O)NCCc1ccc(C(=O)N(c2ccccc2)N(c2ccncn2)c2cccc3c2oc2ccccc23)cc1. The fourth-order valence-electron chi connectivity index (χ4n) is 5.09. The molecule has 2 amide bonds. The van der Waals surface area contributed by atoms with Crippen LogP contribution >= 0.6 is 0 Å². The van der Waals surface area contributed by atoms with Gasteiger partial charge in [-0.25, -0.2) is 24.8 Å². The molecule has 0 atom stereocenters. The number of aromatic nitrogens is 2. The molecule has 0 fully saturated rings. The Morgan fingerprint density at radius 1 is 0.844 bits per heavy atom. The molecule has 0 aliphatic heterocycles. The summed E-state index contributed by atoms with van der Waals surface area (Å²) in [4.78, 5) is 35.2. The first-order valence-electron chi connectivity index (χ1n) is 14.7. The minimum Gasteiger partial charge on any atom is -0.454 e. The van der Waals surface area contributed by atoms with Crippen LogP contribution in [0.3, 0.4) is 0 Å². The summed E-state index contributed by atoms with van der Waals surface area (Å²) in [6, 6.07) is 32.3. The van der Waals surface area contributed by atoms with Crippen LogP contribution in [-0.2, 0) is 11.2 Å². The third-order valence-electron chi connectivity index (χ3n) is 7.07. The molecule has 0 radical (unpaired) electrons. The fraction of sp³-hybridized carbons (Fsp3) is 0.167. The number of amides is 2. The highest BCUT2D eigenvalue weighted by Crippen LogP contribution is 2.39. The highest BCUT2D eigenvalue weighted by molar-refractivity contribution is 6.13. The maximum Gasteiger partial charge on any atom is 0.407 e. The van der Waals surface area contributed by atoms with Crippen molar-refractivity contribution in [2.75, 3.05) is 16.6 Å². The number of benzene rings is 4. The van der Waals surface area contributed by atoms with Gasteiger partial charge in [0.2, 0.25) is 0 Å². The molecule has 0 bridgehead atoms. The molecule has 0 unspecified atom stereocenters. The number of nitrogens with one attached hydrogen (secondary N) is 1. The van der Waals surface area contributed by atoms with Gasteiger partial charge in [0.05, 0.1) is 5.69 Å². The zero-order valence-electron chi connectivity index (χ0n) is 25.3. The smallest absolute Gasteiger partial charge is 0.407 e. The lowest BCUT2D eigenvalue weighted by molar-refractivity contribution is 0.0528. The number of anilines is 3. The predicted molar refractivity (Wildman–Crippen MR) is 176 cm³/mol. The molecule has 226 valence electrons. The molecule has 4 aromatic carbocycles. The summed E-state index contributed by atoms with van der Waals surface area (Å²) in [7, 11) is 0. The number of carbonyl (C=O) groups is 2. The number of nitrogens with zero attached hydrogens (tertiary/aromatic N) is 4. The second-order valence-corrected chi connectivity index (χ2v) is 11.5. The van der Waals surface area contributed by atoms with Gasteiger partial charge in [-0.2, -0.15) is 0 Å². The Labute approximate surface area is 261 Å². The Balaban J connectivity index is 1.37. The lowest BCUT2D eigenvalue weighted by atomic mass is 10.1. The van der Waals surface area contributed by atoms with E-state index in [1.54, 1.807) is 34.4 Å². The first-order valence-corrected chi connectivity index (χ1v) is 14.7. The lowest BCUT2D eigenvalue weighted by Crippen LogP contribution is -2.45. The molecule has 45 heavy (non-hydrogen) atoms. The number of carbonyl (C=O) groups excluding carboxylic acids is 2. The van der Waals surface area contributed by atoms with Gasteiger partial charge in [-0.1, -0.05) is 60.7 Å². The molecular formula is C36H33N5O4. The van der Waals surface area contributed by atoms with E-state index in [1.165, 1.54) is 6.33 Å². The molecule has 1 N–H and O–H groups in total. The number of hydrogen-bond donors (Lipinski definition) is 1. The molecule has 0 saturated carbocycles. The van der Waals surface area contributed by atoms with Crippen molar-refractivity contribution in [3.8, 4) is 0 Å². The second kappa shape index (κ2) is 12.5. The summed E-state index contributed by atoms with van der Waals surface area (Å²) in [6.07, 6.45) is 3.21. The molecular weight excluding hydrogens is 566 g/mol. The average molecular weight is 600 g/mol. The van der Waals surface area contributed by atoms with Crippen LogP contribution in [0.15, 0.2) is 120 Å². The highest BCUT2D eigenvalue weighted by atomic mass is 16.6. The van der Waals surface area contributed by atoms with Crippen LogP contribution in [0.25, 0.3) is 21.9 Å². The Hall–Kier alpha value is -5.70. The minimum atomic E-state index is -0.563. The van der Waals surface area contributed by atoms with Gasteiger partial charge < -0.3 is 14.5 Å². The number of fused-ring (bicyclic) bond motifs is 3. The normalized spacial score (nSPS) is 11.4. The molecule has 6 aromatic rings. The first kappa shape index (κ1) is 29.4. The minimum absolute atomic E-state index is 0.272. The molecule has 6 rings (SSSR count). The third kappa shape index (κ3) is 6.47. The third-order valence-corrected chi connectivity index (χ3v) is 7.07. The molecule has 2 aromatic heterocycles. The zero-order valence-corrected chi connectivity index (χ0v) is 25.3. The van der Waals surface area contributed by atoms with E-state index >= 15 is 0 Å². The van der Waals surface area contributed by atoms with Crippen molar-refractivity contribution in [3.05, 3.63) is 127 Å². The predicted octanol–water partition coefficient (Wildman–Crippen LogP) is 7.84. The van der Waals surface area contributed by atoms with Gasteiger partial charge in [0.25, 0.3) is 5.91 Å². The van der Waals surface area contributed by atoms with Crippen LogP contribution in [0.4, 0.5) is 22.0 Å². The summed E-state index contributed by atoms with van der Waals surface area (Å²) in [5.74, 6) is 0.214. The van der Waals surface area contributed by atoms with E-state index in [9.17, 15) is 9.59 Å². The van der Waals surface area contributed by atoms with E-state index in [0.717, 1.165) is 21.9 Å². The van der Waals surface area contributed by atoms with Crippen molar-refractivity contribution < 1.29 is 18.7 Å². The van der Waals surface area contributed by atoms with Crippen molar-refractivity contribution in [3.63, 3.8) is 0 Å². The number of furan rings is 1. The van der Waals surface area contributed by atoms with Crippen molar-refractivity contribution >= 4 is 51.1 Å². The zero-order chi connectivity index (χ0) is 31.4. The molecule has 9 nitrogen and oxygen atoms in total. The van der Waals surface area contributed by atoms with E-state index in [2.05, 4.69) is 15.3 Å². The summed E-state index contributed by atoms with van der Waals surface area (Å²) < 4.78 is 11.7. The summed E-state index contributed by atoms with van der Waals surface area (Å²) >= 11 is 0. The molecule has 0 aliphatic rings. The topological polar surface area (TPSA) is 101 Å². The van der Waals surface area contributed by atoms with Gasteiger partial charge in [0.15, 0.2) is 11.4 Å². The second-order valence-electron chi connectivity index (χ2n) is 11.5. The van der Waals surface area contributed by atoms with Crippen LogP contribution in [0.1, 0.15) is 36.7 Å². The molecule has 2 heterocycles. The van der Waals surface area contributed by atoms with E-state index < -0.39 is 11.7 Å². The van der Waals surface area contributed by atoms with Gasteiger partial charge in [-0.05, 0) is 69.2 Å². The summed E-state index contributed by atoms with van der Waals surface area (Å²) in [6.45, 7) is 5.87. The van der Waals surface area contributed by atoms with E-state index in [4.69, 9.17) is 9.15 Å². The van der Waals surface area contributed by atoms with Crippen molar-refractivity contribution in [1.82, 2.24) is 15.3 Å². The summed E-state index contributed by atoms with van der Waals surface area (Å²) in [5, 5.41) is 8.04. The van der Waals surface area contributed by atoms with Crippen LogP contribution in [0.2, 0.25) is 0 Å². The quantitative estimate of drug-likeness (QED) is 0.178.